The average molecular weight is 243 g/mol. The molecule has 0 saturated carbocycles. The number of alkyl halides is 2. The third kappa shape index (κ3) is 2.99. The van der Waals surface area contributed by atoms with Gasteiger partial charge in [0.05, 0.1) is 17.7 Å². The minimum absolute atomic E-state index is 0.0538. The van der Waals surface area contributed by atoms with E-state index in [2.05, 4.69) is 4.98 Å². The minimum atomic E-state index is -2.55. The molecule has 0 aliphatic carbocycles. The molecule has 0 aliphatic heterocycles. The Morgan fingerprint density at radius 3 is 2.65 bits per heavy atom. The Morgan fingerprint density at radius 1 is 1.47 bits per heavy atom. The van der Waals surface area contributed by atoms with Crippen LogP contribution in [-0.4, -0.2) is 24.0 Å². The number of rotatable bonds is 4. The van der Waals surface area contributed by atoms with Crippen molar-refractivity contribution < 1.29 is 18.3 Å². The van der Waals surface area contributed by atoms with Crippen molar-refractivity contribution in [3.8, 4) is 0 Å². The van der Waals surface area contributed by atoms with Crippen molar-refractivity contribution in [3.05, 3.63) is 29.6 Å². The van der Waals surface area contributed by atoms with Crippen LogP contribution in [0, 0.1) is 0 Å². The summed E-state index contributed by atoms with van der Waals surface area (Å²) in [7, 11) is 0. The molecule has 17 heavy (non-hydrogen) atoms. The molecule has 0 aliphatic rings. The van der Waals surface area contributed by atoms with Gasteiger partial charge in [-0.15, -0.1) is 0 Å². The van der Waals surface area contributed by atoms with Crippen LogP contribution in [0.5, 0.6) is 0 Å². The summed E-state index contributed by atoms with van der Waals surface area (Å²) < 4.78 is 30.4. The second-order valence-corrected chi connectivity index (χ2v) is 4.15. The fourth-order valence-electron chi connectivity index (χ4n) is 1.22. The molecule has 0 radical (unpaired) electrons. The fraction of sp³-hybridized carbons (Fsp3) is 0.500. The van der Waals surface area contributed by atoms with Crippen molar-refractivity contribution in [1.29, 1.82) is 0 Å². The SMILES string of the molecule is CCOC(=O)c1cccc(C(C)(C)C(F)F)n1. The van der Waals surface area contributed by atoms with E-state index in [4.69, 9.17) is 4.74 Å². The topological polar surface area (TPSA) is 39.2 Å². The minimum Gasteiger partial charge on any atom is -0.461 e. The molecule has 0 spiro atoms. The lowest BCUT2D eigenvalue weighted by molar-refractivity contribution is 0.0511. The highest BCUT2D eigenvalue weighted by Gasteiger charge is 2.33. The van der Waals surface area contributed by atoms with Gasteiger partial charge in [0.1, 0.15) is 5.69 Å². The summed E-state index contributed by atoms with van der Waals surface area (Å²) in [6.07, 6.45) is -2.55. The van der Waals surface area contributed by atoms with Gasteiger partial charge < -0.3 is 4.74 Å². The van der Waals surface area contributed by atoms with Crippen LogP contribution in [0.15, 0.2) is 18.2 Å². The zero-order chi connectivity index (χ0) is 13.1. The highest BCUT2D eigenvalue weighted by molar-refractivity contribution is 5.87. The Bertz CT molecular complexity index is 405. The summed E-state index contributed by atoms with van der Waals surface area (Å²) in [5.74, 6) is -0.598. The molecule has 0 bridgehead atoms. The van der Waals surface area contributed by atoms with E-state index in [1.165, 1.54) is 32.0 Å². The van der Waals surface area contributed by atoms with Gasteiger partial charge in [0.25, 0.3) is 0 Å². The van der Waals surface area contributed by atoms with Gasteiger partial charge in [0, 0.05) is 0 Å². The average Bonchev–Trinajstić information content (AvgIpc) is 2.29. The molecule has 0 N–H and O–H groups in total. The molecule has 1 aromatic heterocycles. The van der Waals surface area contributed by atoms with E-state index < -0.39 is 17.8 Å². The van der Waals surface area contributed by atoms with E-state index in [1.54, 1.807) is 6.92 Å². The molecule has 0 atom stereocenters. The number of hydrogen-bond acceptors (Lipinski definition) is 3. The molecule has 0 unspecified atom stereocenters. The molecular weight excluding hydrogens is 228 g/mol. The third-order valence-electron chi connectivity index (χ3n) is 2.44. The second kappa shape index (κ2) is 5.21. The molecule has 0 aromatic carbocycles. The first kappa shape index (κ1) is 13.5. The smallest absolute Gasteiger partial charge is 0.356 e. The van der Waals surface area contributed by atoms with Gasteiger partial charge in [-0.05, 0) is 32.9 Å². The van der Waals surface area contributed by atoms with Crippen LogP contribution >= 0.6 is 0 Å². The van der Waals surface area contributed by atoms with Gasteiger partial charge in [-0.25, -0.2) is 18.6 Å². The van der Waals surface area contributed by atoms with Gasteiger partial charge in [-0.2, -0.15) is 0 Å². The van der Waals surface area contributed by atoms with Crippen molar-refractivity contribution in [2.75, 3.05) is 6.61 Å². The summed E-state index contributed by atoms with van der Waals surface area (Å²) in [4.78, 5) is 15.4. The van der Waals surface area contributed by atoms with E-state index in [0.717, 1.165) is 0 Å². The fourth-order valence-corrected chi connectivity index (χ4v) is 1.22. The number of halogens is 2. The van der Waals surface area contributed by atoms with Crippen LogP contribution in [0.3, 0.4) is 0 Å². The molecular formula is C12H15F2NO2. The summed E-state index contributed by atoms with van der Waals surface area (Å²) in [6, 6.07) is 4.46. The molecule has 1 rings (SSSR count). The van der Waals surface area contributed by atoms with E-state index >= 15 is 0 Å². The van der Waals surface area contributed by atoms with E-state index in [1.807, 2.05) is 0 Å². The van der Waals surface area contributed by atoms with Gasteiger partial charge in [-0.1, -0.05) is 6.07 Å². The third-order valence-corrected chi connectivity index (χ3v) is 2.44. The number of ether oxygens (including phenoxy) is 1. The van der Waals surface area contributed by atoms with Gasteiger partial charge in [0.15, 0.2) is 0 Å². The lowest BCUT2D eigenvalue weighted by Crippen LogP contribution is -2.28. The Balaban J connectivity index is 3.05. The maximum atomic E-state index is 12.8. The van der Waals surface area contributed by atoms with Crippen LogP contribution < -0.4 is 0 Å². The summed E-state index contributed by atoms with van der Waals surface area (Å²) in [6.45, 7) is 4.66. The number of esters is 1. The molecule has 94 valence electrons. The molecule has 5 heteroatoms. The summed E-state index contributed by atoms with van der Waals surface area (Å²) in [5.41, 5.74) is -1.15. The van der Waals surface area contributed by atoms with E-state index in [-0.39, 0.29) is 18.0 Å². The normalized spacial score (nSPS) is 11.6. The standard InChI is InChI=1S/C12H15F2NO2/c1-4-17-10(16)8-6-5-7-9(15-8)12(2,3)11(13)14/h5-7,11H,4H2,1-3H3. The quantitative estimate of drug-likeness (QED) is 0.763. The lowest BCUT2D eigenvalue weighted by atomic mass is 9.89. The van der Waals surface area contributed by atoms with Crippen molar-refractivity contribution >= 4 is 5.97 Å². The van der Waals surface area contributed by atoms with Crippen molar-refractivity contribution in [1.82, 2.24) is 4.98 Å². The number of carbonyl (C=O) groups excluding carboxylic acids is 1. The largest absolute Gasteiger partial charge is 0.461 e. The Morgan fingerprint density at radius 2 is 2.12 bits per heavy atom. The van der Waals surface area contributed by atoms with Crippen LogP contribution in [0.2, 0.25) is 0 Å². The van der Waals surface area contributed by atoms with E-state index in [9.17, 15) is 13.6 Å². The maximum Gasteiger partial charge on any atom is 0.356 e. The molecule has 1 heterocycles. The number of carbonyl (C=O) groups is 1. The maximum absolute atomic E-state index is 12.8. The van der Waals surface area contributed by atoms with Gasteiger partial charge >= 0.3 is 5.97 Å². The van der Waals surface area contributed by atoms with Crippen molar-refractivity contribution in [3.63, 3.8) is 0 Å². The lowest BCUT2D eigenvalue weighted by Gasteiger charge is -2.23. The highest BCUT2D eigenvalue weighted by Crippen LogP contribution is 2.28. The monoisotopic (exact) mass is 243 g/mol. The molecule has 3 nitrogen and oxygen atoms in total. The van der Waals surface area contributed by atoms with Crippen LogP contribution in [0.1, 0.15) is 37.0 Å². The number of hydrogen-bond donors (Lipinski definition) is 0. The Kier molecular flexibility index (Phi) is 4.15. The highest BCUT2D eigenvalue weighted by atomic mass is 19.3. The van der Waals surface area contributed by atoms with Crippen LogP contribution in [0.25, 0.3) is 0 Å². The zero-order valence-electron chi connectivity index (χ0n) is 10.0. The predicted molar refractivity (Wildman–Crippen MR) is 59.2 cm³/mol. The molecule has 0 fully saturated rings. The Labute approximate surface area is 98.8 Å². The van der Waals surface area contributed by atoms with Gasteiger partial charge in [0.2, 0.25) is 6.43 Å². The molecule has 0 saturated heterocycles. The molecule has 0 amide bonds. The second-order valence-electron chi connectivity index (χ2n) is 4.15. The number of nitrogens with zero attached hydrogens (tertiary/aromatic N) is 1. The van der Waals surface area contributed by atoms with Crippen molar-refractivity contribution in [2.45, 2.75) is 32.6 Å². The first-order valence-electron chi connectivity index (χ1n) is 5.32. The predicted octanol–water partition coefficient (Wildman–Crippen LogP) is 2.80. The van der Waals surface area contributed by atoms with E-state index in [0.29, 0.717) is 0 Å². The summed E-state index contributed by atoms with van der Waals surface area (Å²) >= 11 is 0. The molecule has 1 aromatic rings. The number of aromatic nitrogens is 1. The van der Waals surface area contributed by atoms with Gasteiger partial charge in [-0.3, -0.25) is 0 Å². The number of pyridine rings is 1. The first-order chi connectivity index (χ1) is 7.89. The van der Waals surface area contributed by atoms with Crippen molar-refractivity contribution in [2.24, 2.45) is 0 Å². The summed E-state index contributed by atoms with van der Waals surface area (Å²) in [5, 5.41) is 0. The Hall–Kier alpha value is -1.52. The first-order valence-corrected chi connectivity index (χ1v) is 5.32. The zero-order valence-corrected chi connectivity index (χ0v) is 10.0. The van der Waals surface area contributed by atoms with Crippen LogP contribution in [-0.2, 0) is 10.2 Å². The van der Waals surface area contributed by atoms with Crippen LogP contribution in [0.4, 0.5) is 8.78 Å².